The first-order valence-electron chi connectivity index (χ1n) is 22.6. The number of hydrogen-bond acceptors (Lipinski definition) is 2. The SMILES string of the molecule is c1cc2cc(c1)CCc1cc(c3c4c5c(ncc4n4c6cnc7c(c6c1c34)C1(CCCC1)CC71CCCC1)C1(c3ccccc3-c3ccccc31)c1ccccc1-5)CC2. The fourth-order valence-electron chi connectivity index (χ4n) is 14.8. The molecule has 5 aromatic carbocycles. The Morgan fingerprint density at radius 2 is 1.02 bits per heavy atom. The van der Waals surface area contributed by atoms with Crippen LogP contribution in [0.5, 0.6) is 0 Å². The highest BCUT2D eigenvalue weighted by atomic mass is 15.0. The predicted octanol–water partition coefficient (Wildman–Crippen LogP) is 12.9. The fourth-order valence-corrected chi connectivity index (χ4v) is 14.8. The summed E-state index contributed by atoms with van der Waals surface area (Å²) in [5, 5.41) is 5.92. The van der Waals surface area contributed by atoms with Gasteiger partial charge in [0, 0.05) is 32.5 Å². The normalized spacial score (nSPS) is 19.7. The molecule has 0 atom stereocenters. The molecule has 0 amide bonds. The first kappa shape index (κ1) is 32.1. The molecule has 6 aliphatic rings. The highest BCUT2D eigenvalue weighted by Crippen LogP contribution is 2.66. The molecule has 3 spiro atoms. The van der Waals surface area contributed by atoms with Gasteiger partial charge < -0.3 is 4.40 Å². The summed E-state index contributed by atoms with van der Waals surface area (Å²) in [6, 6.07) is 39.8. The number of hydrogen-bond donors (Lipinski definition) is 0. The Hall–Kier alpha value is -5.80. The van der Waals surface area contributed by atoms with Crippen LogP contribution < -0.4 is 0 Å². The third kappa shape index (κ3) is 3.67. The van der Waals surface area contributed by atoms with E-state index in [-0.39, 0.29) is 10.8 Å². The number of benzene rings is 5. The van der Waals surface area contributed by atoms with E-state index in [0.717, 1.165) is 25.7 Å². The molecule has 0 unspecified atom stereocenters. The molecule has 4 heterocycles. The van der Waals surface area contributed by atoms with Crippen molar-refractivity contribution in [2.45, 2.75) is 99.7 Å². The second kappa shape index (κ2) is 10.9. The Morgan fingerprint density at radius 1 is 0.475 bits per heavy atom. The first-order valence-corrected chi connectivity index (χ1v) is 22.6. The molecule has 284 valence electrons. The van der Waals surface area contributed by atoms with E-state index in [1.165, 1.54) is 163 Å². The van der Waals surface area contributed by atoms with Crippen molar-refractivity contribution in [3.63, 3.8) is 0 Å². The third-order valence-corrected chi connectivity index (χ3v) is 16.9. The van der Waals surface area contributed by atoms with Gasteiger partial charge in [-0.3, -0.25) is 9.97 Å². The van der Waals surface area contributed by atoms with Crippen molar-refractivity contribution in [3.05, 3.63) is 171 Å². The van der Waals surface area contributed by atoms with E-state index < -0.39 is 5.41 Å². The van der Waals surface area contributed by atoms with Gasteiger partial charge in [-0.1, -0.05) is 129 Å². The van der Waals surface area contributed by atoms with E-state index in [0.29, 0.717) is 0 Å². The maximum atomic E-state index is 5.77. The molecule has 6 aliphatic carbocycles. The molecule has 0 radical (unpaired) electrons. The minimum absolute atomic E-state index is 0.244. The lowest BCUT2D eigenvalue weighted by molar-refractivity contribution is 0.321. The predicted molar refractivity (Wildman–Crippen MR) is 239 cm³/mol. The lowest BCUT2D eigenvalue weighted by Crippen LogP contribution is -2.26. The molecule has 9 aromatic rings. The largest absolute Gasteiger partial charge is 0.305 e. The van der Waals surface area contributed by atoms with Crippen LogP contribution >= 0.6 is 0 Å². The summed E-state index contributed by atoms with van der Waals surface area (Å²) < 4.78 is 2.68. The van der Waals surface area contributed by atoms with Gasteiger partial charge in [-0.05, 0) is 124 Å². The number of pyridine rings is 2. The fraction of sp³-hybridized carbons (Fsp3) is 0.286. The summed E-state index contributed by atoms with van der Waals surface area (Å²) in [6.45, 7) is 0. The van der Waals surface area contributed by atoms with Gasteiger partial charge in [0.15, 0.2) is 0 Å². The maximum Gasteiger partial charge on any atom is 0.0898 e. The van der Waals surface area contributed by atoms with Gasteiger partial charge in [-0.2, -0.15) is 0 Å². The van der Waals surface area contributed by atoms with Gasteiger partial charge in [-0.25, -0.2) is 0 Å². The van der Waals surface area contributed by atoms with Gasteiger partial charge in [-0.15, -0.1) is 0 Å². The van der Waals surface area contributed by atoms with Crippen molar-refractivity contribution < 1.29 is 0 Å². The lowest BCUT2D eigenvalue weighted by Gasteiger charge is -2.29. The minimum Gasteiger partial charge on any atom is -0.305 e. The van der Waals surface area contributed by atoms with E-state index in [1.807, 2.05) is 0 Å². The number of aryl methyl sites for hydroxylation is 4. The van der Waals surface area contributed by atoms with Crippen molar-refractivity contribution in [1.82, 2.24) is 14.4 Å². The van der Waals surface area contributed by atoms with E-state index in [1.54, 1.807) is 10.9 Å². The molecule has 59 heavy (non-hydrogen) atoms. The Bertz CT molecular complexity index is 3280. The van der Waals surface area contributed by atoms with Gasteiger partial charge in [0.05, 0.1) is 45.7 Å². The maximum absolute atomic E-state index is 5.77. The summed E-state index contributed by atoms with van der Waals surface area (Å²) >= 11 is 0. The first-order chi connectivity index (χ1) is 29.2. The Morgan fingerprint density at radius 3 is 1.68 bits per heavy atom. The minimum atomic E-state index is -0.471. The molecule has 3 nitrogen and oxygen atoms in total. The standard InChI is InChI=1S/C56H45N3/c1-4-17-40-37(14-1)38-15-2-5-18-41(38)56(40)42-19-6-3-16-39(42)47-48-43(30-57-52(47)56)59-44-31-58-53-50(54(24-7-8-25-54)32-55(53)26-9-10-27-55)49(44)46-36-23-21-34-13-11-12-33(28-34)20-22-35(29-36)45(48)51(46)59/h1-6,11-19,28-31H,7-10,20-27,32H2. The smallest absolute Gasteiger partial charge is 0.0898 e. The van der Waals surface area contributed by atoms with Gasteiger partial charge >= 0.3 is 0 Å². The number of rotatable bonds is 0. The molecule has 0 saturated heterocycles. The zero-order valence-corrected chi connectivity index (χ0v) is 33.5. The Labute approximate surface area is 344 Å². The van der Waals surface area contributed by atoms with E-state index in [4.69, 9.17) is 9.97 Å². The molecule has 4 bridgehead atoms. The van der Waals surface area contributed by atoms with Crippen LogP contribution in [0.25, 0.3) is 60.3 Å². The van der Waals surface area contributed by atoms with E-state index in [9.17, 15) is 0 Å². The molecule has 15 rings (SSSR count). The zero-order chi connectivity index (χ0) is 38.2. The Balaban J connectivity index is 1.13. The van der Waals surface area contributed by atoms with Crippen LogP contribution in [0.3, 0.4) is 0 Å². The van der Waals surface area contributed by atoms with Gasteiger partial charge in [0.2, 0.25) is 0 Å². The summed E-state index contributed by atoms with van der Waals surface area (Å²) in [6.07, 6.45) is 20.7. The summed E-state index contributed by atoms with van der Waals surface area (Å²) in [5.41, 5.74) is 23.7. The molecule has 4 aromatic heterocycles. The van der Waals surface area contributed by atoms with E-state index >= 15 is 0 Å². The van der Waals surface area contributed by atoms with Crippen LogP contribution in [0.15, 0.2) is 116 Å². The second-order valence-corrected chi connectivity index (χ2v) is 19.5. The summed E-state index contributed by atoms with van der Waals surface area (Å²) in [5.74, 6) is 0. The second-order valence-electron chi connectivity index (χ2n) is 19.5. The third-order valence-electron chi connectivity index (χ3n) is 16.9. The van der Waals surface area contributed by atoms with Crippen LogP contribution in [0.1, 0.15) is 114 Å². The van der Waals surface area contributed by atoms with Crippen molar-refractivity contribution in [1.29, 1.82) is 0 Å². The summed E-state index contributed by atoms with van der Waals surface area (Å²) in [4.78, 5) is 11.5. The van der Waals surface area contributed by atoms with Crippen molar-refractivity contribution in [2.75, 3.05) is 0 Å². The topological polar surface area (TPSA) is 30.2 Å². The highest BCUT2D eigenvalue weighted by molar-refractivity contribution is 6.29. The monoisotopic (exact) mass is 759 g/mol. The van der Waals surface area contributed by atoms with Crippen molar-refractivity contribution in [2.24, 2.45) is 0 Å². The van der Waals surface area contributed by atoms with Crippen LogP contribution in [-0.2, 0) is 41.9 Å². The molecule has 0 aliphatic heterocycles. The number of fused-ring (bicyclic) bond motifs is 27. The quantitative estimate of drug-likeness (QED) is 0.154. The van der Waals surface area contributed by atoms with Crippen molar-refractivity contribution >= 4 is 38.1 Å². The molecular weight excluding hydrogens is 715 g/mol. The number of aromatic nitrogens is 3. The summed E-state index contributed by atoms with van der Waals surface area (Å²) in [7, 11) is 0. The van der Waals surface area contributed by atoms with Gasteiger partial charge in [0.1, 0.15) is 0 Å². The average molecular weight is 760 g/mol. The average Bonchev–Trinajstić information content (AvgIpc) is 4.16. The van der Waals surface area contributed by atoms with Crippen molar-refractivity contribution in [3.8, 4) is 22.3 Å². The molecule has 2 saturated carbocycles. The Kier molecular flexibility index (Phi) is 5.91. The molecular formula is C56H45N3. The zero-order valence-electron chi connectivity index (χ0n) is 33.5. The molecule has 2 fully saturated rings. The number of nitrogens with zero attached hydrogens (tertiary/aromatic N) is 3. The van der Waals surface area contributed by atoms with Crippen LogP contribution in [-0.4, -0.2) is 14.4 Å². The van der Waals surface area contributed by atoms with Crippen LogP contribution in [0.2, 0.25) is 0 Å². The molecule has 0 N–H and O–H groups in total. The van der Waals surface area contributed by atoms with E-state index in [2.05, 4.69) is 120 Å². The lowest BCUT2D eigenvalue weighted by atomic mass is 9.72. The highest BCUT2D eigenvalue weighted by Gasteiger charge is 2.57. The van der Waals surface area contributed by atoms with Crippen LogP contribution in [0.4, 0.5) is 0 Å². The van der Waals surface area contributed by atoms with Crippen LogP contribution in [0, 0.1) is 0 Å². The van der Waals surface area contributed by atoms with Gasteiger partial charge in [0.25, 0.3) is 0 Å². The molecule has 3 heteroatoms.